The molecule has 0 amide bonds. The number of benzene rings is 2. The van der Waals surface area contributed by atoms with E-state index in [0.717, 1.165) is 47.9 Å². The van der Waals surface area contributed by atoms with Crippen LogP contribution in [0.1, 0.15) is 37.3 Å². The fraction of sp³-hybridized carbons (Fsp3) is 0.348. The molecule has 2 atom stereocenters. The molecular weight excluding hydrogens is 360 g/mol. The molecule has 4 rings (SSSR count). The number of methoxy groups -OCH3 is 1. The number of aliphatic hydroxyl groups excluding tert-OH is 1. The van der Waals surface area contributed by atoms with Crippen molar-refractivity contribution in [3.63, 3.8) is 0 Å². The van der Waals surface area contributed by atoms with Crippen LogP contribution in [0.25, 0.3) is 16.7 Å². The van der Waals surface area contributed by atoms with Gasteiger partial charge in [0.05, 0.1) is 12.7 Å². The Kier molecular flexibility index (Phi) is 4.73. The van der Waals surface area contributed by atoms with E-state index < -0.39 is 0 Å². The minimum atomic E-state index is 0.0549. The Bertz CT molecular complexity index is 945. The topological polar surface area (TPSA) is 46.5 Å². The van der Waals surface area contributed by atoms with Gasteiger partial charge in [-0.3, -0.25) is 4.79 Å². The van der Waals surface area contributed by atoms with E-state index in [4.69, 9.17) is 16.3 Å². The molecule has 0 unspecified atom stereocenters. The van der Waals surface area contributed by atoms with Gasteiger partial charge < -0.3 is 9.84 Å². The second kappa shape index (κ2) is 7.05. The van der Waals surface area contributed by atoms with Gasteiger partial charge in [-0.15, -0.1) is 0 Å². The van der Waals surface area contributed by atoms with Crippen LogP contribution in [0.2, 0.25) is 5.02 Å². The maximum absolute atomic E-state index is 13.0. The van der Waals surface area contributed by atoms with Crippen LogP contribution in [0.4, 0.5) is 0 Å². The van der Waals surface area contributed by atoms with Crippen molar-refractivity contribution in [3.8, 4) is 16.9 Å². The lowest BCUT2D eigenvalue weighted by Crippen LogP contribution is -2.22. The number of halogens is 1. The maximum atomic E-state index is 13.0. The zero-order chi connectivity index (χ0) is 19.1. The number of fused-ring (bicyclic) bond motifs is 2. The number of allylic oxidation sites excluding steroid dienone is 2. The second-order valence-corrected chi connectivity index (χ2v) is 7.84. The van der Waals surface area contributed by atoms with Crippen LogP contribution in [-0.4, -0.2) is 18.0 Å². The van der Waals surface area contributed by atoms with Gasteiger partial charge in [0.15, 0.2) is 5.78 Å². The molecule has 3 nitrogen and oxygen atoms in total. The third-order valence-electron chi connectivity index (χ3n) is 5.93. The van der Waals surface area contributed by atoms with Gasteiger partial charge in [-0.05, 0) is 66.6 Å². The number of carbonyl (C=O) groups is 1. The van der Waals surface area contributed by atoms with Crippen LogP contribution in [0.15, 0.2) is 42.2 Å². The summed E-state index contributed by atoms with van der Waals surface area (Å²) < 4.78 is 5.50. The molecule has 4 heteroatoms. The first-order valence-electron chi connectivity index (χ1n) is 9.48. The highest BCUT2D eigenvalue weighted by atomic mass is 35.5. The van der Waals surface area contributed by atoms with Crippen LogP contribution < -0.4 is 4.74 Å². The highest BCUT2D eigenvalue weighted by molar-refractivity contribution is 6.30. The number of hydrogen-bond acceptors (Lipinski definition) is 3. The van der Waals surface area contributed by atoms with E-state index in [9.17, 15) is 9.90 Å². The van der Waals surface area contributed by atoms with Gasteiger partial charge in [0.2, 0.25) is 0 Å². The Morgan fingerprint density at radius 1 is 1.11 bits per heavy atom. The van der Waals surface area contributed by atoms with Crippen LogP contribution in [0, 0.1) is 11.8 Å². The Labute approximate surface area is 164 Å². The third kappa shape index (κ3) is 3.04. The summed E-state index contributed by atoms with van der Waals surface area (Å²) in [5.74, 6) is 1.24. The van der Waals surface area contributed by atoms with Crippen molar-refractivity contribution in [3.05, 3.63) is 58.3 Å². The highest BCUT2D eigenvalue weighted by Crippen LogP contribution is 2.46. The summed E-state index contributed by atoms with van der Waals surface area (Å²) in [6.45, 7) is 2.07. The number of aliphatic hydroxyl groups is 1. The molecule has 140 valence electrons. The van der Waals surface area contributed by atoms with Gasteiger partial charge in [0, 0.05) is 22.4 Å². The van der Waals surface area contributed by atoms with Gasteiger partial charge in [-0.25, -0.2) is 0 Å². The molecule has 2 aromatic carbocycles. The third-order valence-corrected chi connectivity index (χ3v) is 6.16. The van der Waals surface area contributed by atoms with Gasteiger partial charge >= 0.3 is 0 Å². The van der Waals surface area contributed by atoms with Crippen LogP contribution >= 0.6 is 11.6 Å². The first kappa shape index (κ1) is 18.1. The Hall–Kier alpha value is -2.26. The predicted octanol–water partition coefficient (Wildman–Crippen LogP) is 5.85. The summed E-state index contributed by atoms with van der Waals surface area (Å²) >= 11 is 6.10. The Morgan fingerprint density at radius 2 is 1.89 bits per heavy atom. The molecule has 1 saturated carbocycles. The summed E-state index contributed by atoms with van der Waals surface area (Å²) in [6, 6.07) is 11.6. The van der Waals surface area contributed by atoms with E-state index in [1.54, 1.807) is 13.2 Å². The monoisotopic (exact) mass is 382 g/mol. The maximum Gasteiger partial charge on any atom is 0.169 e. The van der Waals surface area contributed by atoms with Crippen molar-refractivity contribution in [2.75, 3.05) is 7.11 Å². The Balaban J connectivity index is 1.88. The van der Waals surface area contributed by atoms with E-state index in [1.807, 2.05) is 30.3 Å². The zero-order valence-corrected chi connectivity index (χ0v) is 16.3. The fourth-order valence-corrected chi connectivity index (χ4v) is 4.62. The normalized spacial score (nSPS) is 21.7. The number of rotatable bonds is 4. The van der Waals surface area contributed by atoms with Crippen LogP contribution in [-0.2, 0) is 11.2 Å². The smallest absolute Gasteiger partial charge is 0.169 e. The van der Waals surface area contributed by atoms with E-state index >= 15 is 0 Å². The molecule has 2 aliphatic carbocycles. The number of hydrogen-bond donors (Lipinski definition) is 1. The molecule has 1 N–H and O–H groups in total. The number of carbonyl (C=O) groups excluding carboxylic acids is 1. The van der Waals surface area contributed by atoms with E-state index in [1.165, 1.54) is 0 Å². The van der Waals surface area contributed by atoms with E-state index in [2.05, 4.69) is 6.92 Å². The molecule has 2 bridgehead atoms. The first-order valence-corrected chi connectivity index (χ1v) is 9.85. The van der Waals surface area contributed by atoms with Gasteiger partial charge in [-0.1, -0.05) is 30.7 Å². The summed E-state index contributed by atoms with van der Waals surface area (Å²) in [5.41, 5.74) is 4.31. The lowest BCUT2D eigenvalue weighted by molar-refractivity contribution is -0.117. The predicted molar refractivity (Wildman–Crippen MR) is 108 cm³/mol. The average Bonchev–Trinajstić information content (AvgIpc) is 3.14. The standard InChI is InChI=1S/C23H23ClO3/c1-3-13-4-5-14(18-9-8-17(24)12-20(18)27-2)11-19(13)21-22(25)15-6-7-16(10-15)23(21)26/h4-5,8-9,11-12,15-16,25H,3,6-7,10H2,1-2H3/t15-,16+/m1/s1. The fourth-order valence-electron chi connectivity index (χ4n) is 4.46. The lowest BCUT2D eigenvalue weighted by atomic mass is 9.81. The quantitative estimate of drug-likeness (QED) is 0.721. The summed E-state index contributed by atoms with van der Waals surface area (Å²) in [6.07, 6.45) is 3.37. The minimum absolute atomic E-state index is 0.0549. The van der Waals surface area contributed by atoms with Gasteiger partial charge in [0.1, 0.15) is 11.5 Å². The highest BCUT2D eigenvalue weighted by Gasteiger charge is 2.41. The molecule has 0 heterocycles. The number of aryl methyl sites for hydroxylation is 1. The molecule has 0 saturated heterocycles. The number of ketones is 1. The molecule has 0 aliphatic heterocycles. The summed E-state index contributed by atoms with van der Waals surface area (Å²) in [4.78, 5) is 13.0. The molecule has 0 aromatic heterocycles. The molecule has 2 aliphatic rings. The SMILES string of the molecule is CCc1ccc(-c2ccc(Cl)cc2OC)cc1C1=C(O)[C@@H]2CC[C@@H](C2)C1=O. The van der Waals surface area contributed by atoms with Crippen LogP contribution in [0.5, 0.6) is 5.75 Å². The van der Waals surface area contributed by atoms with Gasteiger partial charge in [-0.2, -0.15) is 0 Å². The number of ether oxygens (including phenoxy) is 1. The van der Waals surface area contributed by atoms with Crippen molar-refractivity contribution in [1.29, 1.82) is 0 Å². The average molecular weight is 383 g/mol. The van der Waals surface area contributed by atoms with E-state index in [-0.39, 0.29) is 23.4 Å². The largest absolute Gasteiger partial charge is 0.511 e. The molecule has 0 spiro atoms. The molecule has 2 aromatic rings. The lowest BCUT2D eigenvalue weighted by Gasteiger charge is -2.24. The summed E-state index contributed by atoms with van der Waals surface area (Å²) in [7, 11) is 1.62. The second-order valence-electron chi connectivity index (χ2n) is 7.40. The van der Waals surface area contributed by atoms with E-state index in [0.29, 0.717) is 16.3 Å². The van der Waals surface area contributed by atoms with Crippen molar-refractivity contribution in [2.45, 2.75) is 32.6 Å². The van der Waals surface area contributed by atoms with Crippen molar-refractivity contribution >= 4 is 23.0 Å². The number of Topliss-reactive ketones (excluding diaryl/α,β-unsaturated/α-hetero) is 1. The van der Waals surface area contributed by atoms with Crippen molar-refractivity contribution in [2.24, 2.45) is 11.8 Å². The molecule has 1 fully saturated rings. The van der Waals surface area contributed by atoms with Gasteiger partial charge in [0.25, 0.3) is 0 Å². The van der Waals surface area contributed by atoms with Crippen molar-refractivity contribution < 1.29 is 14.6 Å². The minimum Gasteiger partial charge on any atom is -0.511 e. The molecular formula is C23H23ClO3. The zero-order valence-electron chi connectivity index (χ0n) is 15.6. The van der Waals surface area contributed by atoms with Crippen molar-refractivity contribution in [1.82, 2.24) is 0 Å². The molecule has 0 radical (unpaired) electrons. The Morgan fingerprint density at radius 3 is 2.63 bits per heavy atom. The summed E-state index contributed by atoms with van der Waals surface area (Å²) in [5, 5.41) is 11.4. The van der Waals surface area contributed by atoms with Crippen LogP contribution in [0.3, 0.4) is 0 Å². The molecule has 27 heavy (non-hydrogen) atoms. The first-order chi connectivity index (χ1) is 13.0.